The van der Waals surface area contributed by atoms with Crippen LogP contribution in [0.15, 0.2) is 6.07 Å². The van der Waals surface area contributed by atoms with E-state index in [0.29, 0.717) is 12.0 Å². The second-order valence-electron chi connectivity index (χ2n) is 6.76. The summed E-state index contributed by atoms with van der Waals surface area (Å²) in [5.74, 6) is -3.71. The standard InChI is InChI=1S/C18H21F3O/c1-2-3-10-4-6-11(7-5-10)13-8-12-9-14(19)16(20)17(21)15(12)18(13)22/h9-11,13H,2-8H2,1H3. The first-order valence-electron chi connectivity index (χ1n) is 8.23. The fraction of sp³-hybridized carbons (Fsp3) is 0.611. The van der Waals surface area contributed by atoms with Crippen LogP contribution >= 0.6 is 0 Å². The first-order chi connectivity index (χ1) is 10.5. The van der Waals surface area contributed by atoms with E-state index in [9.17, 15) is 18.0 Å². The molecule has 0 saturated heterocycles. The monoisotopic (exact) mass is 310 g/mol. The van der Waals surface area contributed by atoms with Crippen molar-refractivity contribution in [3.05, 3.63) is 34.6 Å². The second kappa shape index (κ2) is 6.05. The third-order valence-corrected chi connectivity index (χ3v) is 5.42. The predicted molar refractivity (Wildman–Crippen MR) is 78.2 cm³/mol. The number of fused-ring (bicyclic) bond motifs is 1. The van der Waals surface area contributed by atoms with E-state index in [-0.39, 0.29) is 23.2 Å². The molecule has 0 aromatic heterocycles. The Morgan fingerprint density at radius 3 is 2.41 bits per heavy atom. The van der Waals surface area contributed by atoms with Gasteiger partial charge in [-0.2, -0.15) is 0 Å². The molecule has 3 rings (SSSR count). The van der Waals surface area contributed by atoms with Crippen molar-refractivity contribution in [2.75, 3.05) is 0 Å². The molecule has 4 heteroatoms. The van der Waals surface area contributed by atoms with Gasteiger partial charge in [0.05, 0.1) is 5.56 Å². The molecule has 1 nitrogen and oxygen atoms in total. The number of benzene rings is 1. The van der Waals surface area contributed by atoms with Crippen LogP contribution in [0.5, 0.6) is 0 Å². The molecule has 2 aliphatic rings. The number of rotatable bonds is 3. The molecule has 1 saturated carbocycles. The van der Waals surface area contributed by atoms with Gasteiger partial charge in [0.15, 0.2) is 23.2 Å². The number of hydrogen-bond acceptors (Lipinski definition) is 1. The summed E-state index contributed by atoms with van der Waals surface area (Å²) in [4.78, 5) is 12.5. The van der Waals surface area contributed by atoms with Gasteiger partial charge < -0.3 is 0 Å². The molecule has 1 fully saturated rings. The van der Waals surface area contributed by atoms with Gasteiger partial charge in [0, 0.05) is 5.92 Å². The lowest BCUT2D eigenvalue weighted by Crippen LogP contribution is -2.26. The Balaban J connectivity index is 1.76. The van der Waals surface area contributed by atoms with Gasteiger partial charge in [-0.05, 0) is 42.7 Å². The van der Waals surface area contributed by atoms with Crippen LogP contribution in [-0.2, 0) is 6.42 Å². The Hall–Kier alpha value is -1.32. The third kappa shape index (κ3) is 2.57. The maximum absolute atomic E-state index is 13.9. The zero-order valence-corrected chi connectivity index (χ0v) is 12.8. The molecule has 1 aromatic rings. The Bertz CT molecular complexity index is 588. The van der Waals surface area contributed by atoms with E-state index in [1.54, 1.807) is 0 Å². The van der Waals surface area contributed by atoms with Crippen molar-refractivity contribution in [1.82, 2.24) is 0 Å². The van der Waals surface area contributed by atoms with Crippen LogP contribution in [0.2, 0.25) is 0 Å². The Kier molecular flexibility index (Phi) is 4.28. The van der Waals surface area contributed by atoms with Crippen LogP contribution in [0.1, 0.15) is 61.4 Å². The van der Waals surface area contributed by atoms with Crippen LogP contribution in [-0.4, -0.2) is 5.78 Å². The average molecular weight is 310 g/mol. The maximum atomic E-state index is 13.9. The molecule has 1 unspecified atom stereocenters. The minimum absolute atomic E-state index is 0.209. The van der Waals surface area contributed by atoms with Crippen LogP contribution in [0.3, 0.4) is 0 Å². The molecule has 0 radical (unpaired) electrons. The van der Waals surface area contributed by atoms with Crippen molar-refractivity contribution in [2.45, 2.75) is 51.9 Å². The summed E-state index contributed by atoms with van der Waals surface area (Å²) in [5, 5.41) is 0. The van der Waals surface area contributed by atoms with Crippen molar-refractivity contribution < 1.29 is 18.0 Å². The Morgan fingerprint density at radius 2 is 1.77 bits per heavy atom. The molecule has 0 bridgehead atoms. The summed E-state index contributed by atoms with van der Waals surface area (Å²) < 4.78 is 40.6. The van der Waals surface area contributed by atoms with Crippen LogP contribution in [0.4, 0.5) is 13.2 Å². The van der Waals surface area contributed by atoms with Crippen LogP contribution in [0, 0.1) is 35.2 Å². The molecule has 0 amide bonds. The summed E-state index contributed by atoms with van der Waals surface area (Å²) in [5.41, 5.74) is 0.127. The summed E-state index contributed by atoms with van der Waals surface area (Å²) >= 11 is 0. The van der Waals surface area contributed by atoms with E-state index in [4.69, 9.17) is 0 Å². The van der Waals surface area contributed by atoms with E-state index < -0.39 is 17.5 Å². The first kappa shape index (κ1) is 15.6. The Morgan fingerprint density at radius 1 is 1.09 bits per heavy atom. The van der Waals surface area contributed by atoms with E-state index >= 15 is 0 Å². The number of ketones is 1. The zero-order valence-electron chi connectivity index (χ0n) is 12.8. The molecule has 0 aliphatic heterocycles. The average Bonchev–Trinajstić information content (AvgIpc) is 2.83. The second-order valence-corrected chi connectivity index (χ2v) is 6.76. The number of hydrogen-bond donors (Lipinski definition) is 0. The van der Waals surface area contributed by atoms with Crippen LogP contribution in [0.25, 0.3) is 0 Å². The molecule has 2 aliphatic carbocycles. The van der Waals surface area contributed by atoms with Gasteiger partial charge in [-0.1, -0.05) is 32.6 Å². The highest BCUT2D eigenvalue weighted by Gasteiger charge is 2.40. The lowest BCUT2D eigenvalue weighted by Gasteiger charge is -2.31. The third-order valence-electron chi connectivity index (χ3n) is 5.42. The molecule has 22 heavy (non-hydrogen) atoms. The van der Waals surface area contributed by atoms with Gasteiger partial charge in [-0.25, -0.2) is 13.2 Å². The molecular formula is C18H21F3O. The SMILES string of the molecule is CCCC1CCC(C2Cc3cc(F)c(F)c(F)c3C2=O)CC1. The zero-order chi connectivity index (χ0) is 15.9. The van der Waals surface area contributed by atoms with Gasteiger partial charge in [-0.15, -0.1) is 0 Å². The van der Waals surface area contributed by atoms with Gasteiger partial charge in [0.2, 0.25) is 0 Å². The fourth-order valence-corrected chi connectivity index (χ4v) is 4.25. The van der Waals surface area contributed by atoms with Gasteiger partial charge in [0.25, 0.3) is 0 Å². The summed E-state index contributed by atoms with van der Waals surface area (Å²) in [6.07, 6.45) is 6.87. The molecule has 0 N–H and O–H groups in total. The normalized spacial score (nSPS) is 28.0. The topological polar surface area (TPSA) is 17.1 Å². The van der Waals surface area contributed by atoms with Crippen molar-refractivity contribution in [1.29, 1.82) is 0 Å². The minimum atomic E-state index is -1.53. The van der Waals surface area contributed by atoms with Crippen LogP contribution < -0.4 is 0 Å². The molecule has 0 spiro atoms. The predicted octanol–water partition coefficient (Wildman–Crippen LogP) is 5.07. The van der Waals surface area contributed by atoms with Crippen molar-refractivity contribution in [2.24, 2.45) is 17.8 Å². The fourth-order valence-electron chi connectivity index (χ4n) is 4.25. The van der Waals surface area contributed by atoms with E-state index in [1.165, 1.54) is 12.8 Å². The lowest BCUT2D eigenvalue weighted by molar-refractivity contribution is 0.0847. The molecule has 1 atom stereocenters. The highest BCUT2D eigenvalue weighted by atomic mass is 19.2. The molecular weight excluding hydrogens is 289 g/mol. The van der Waals surface area contributed by atoms with E-state index in [1.807, 2.05) is 0 Å². The molecule has 1 aromatic carbocycles. The highest BCUT2D eigenvalue weighted by molar-refractivity contribution is 6.02. The number of carbonyl (C=O) groups is 1. The van der Waals surface area contributed by atoms with Crippen molar-refractivity contribution in [3.63, 3.8) is 0 Å². The summed E-state index contributed by atoms with van der Waals surface area (Å²) in [6, 6.07) is 0.994. The maximum Gasteiger partial charge on any atom is 0.195 e. The summed E-state index contributed by atoms with van der Waals surface area (Å²) in [7, 11) is 0. The molecule has 120 valence electrons. The number of carbonyl (C=O) groups excluding carboxylic acids is 1. The minimum Gasteiger partial charge on any atom is -0.294 e. The number of Topliss-reactive ketones (excluding diaryl/α,β-unsaturated/α-hetero) is 1. The van der Waals surface area contributed by atoms with E-state index in [2.05, 4.69) is 6.92 Å². The number of halogens is 3. The highest BCUT2D eigenvalue weighted by Crippen LogP contribution is 2.42. The van der Waals surface area contributed by atoms with Gasteiger partial charge in [0.1, 0.15) is 0 Å². The van der Waals surface area contributed by atoms with Crippen molar-refractivity contribution >= 4 is 5.78 Å². The van der Waals surface area contributed by atoms with E-state index in [0.717, 1.165) is 37.7 Å². The largest absolute Gasteiger partial charge is 0.294 e. The van der Waals surface area contributed by atoms with Gasteiger partial charge >= 0.3 is 0 Å². The lowest BCUT2D eigenvalue weighted by atomic mass is 9.73. The molecule has 0 heterocycles. The summed E-state index contributed by atoms with van der Waals surface area (Å²) in [6.45, 7) is 2.18. The first-order valence-corrected chi connectivity index (χ1v) is 8.23. The van der Waals surface area contributed by atoms with Crippen molar-refractivity contribution in [3.8, 4) is 0 Å². The quantitative estimate of drug-likeness (QED) is 0.713. The smallest absolute Gasteiger partial charge is 0.195 e. The van der Waals surface area contributed by atoms with Gasteiger partial charge in [-0.3, -0.25) is 4.79 Å². The Labute approximate surface area is 128 Å².